The van der Waals surface area contributed by atoms with Crippen molar-refractivity contribution in [2.75, 3.05) is 6.61 Å². The predicted octanol–water partition coefficient (Wildman–Crippen LogP) is 2.65. The molecule has 142 valence electrons. The van der Waals surface area contributed by atoms with Crippen LogP contribution < -0.4 is 15.4 Å². The van der Waals surface area contributed by atoms with Crippen molar-refractivity contribution in [1.29, 1.82) is 0 Å². The fourth-order valence-corrected chi connectivity index (χ4v) is 1.86. The normalized spacial score (nSPS) is 12.3. The van der Waals surface area contributed by atoms with Crippen LogP contribution in [0.5, 0.6) is 5.75 Å². The lowest BCUT2D eigenvalue weighted by atomic mass is 10.1. The van der Waals surface area contributed by atoms with Gasteiger partial charge >= 0.3 is 12.0 Å². The van der Waals surface area contributed by atoms with Crippen molar-refractivity contribution in [3.63, 3.8) is 0 Å². The van der Waals surface area contributed by atoms with Crippen LogP contribution in [0.1, 0.15) is 40.2 Å². The fourth-order valence-electron chi connectivity index (χ4n) is 1.86. The van der Waals surface area contributed by atoms with Crippen molar-refractivity contribution in [2.24, 2.45) is 0 Å². The topological polar surface area (TPSA) is 93.7 Å². The van der Waals surface area contributed by atoms with E-state index in [-0.39, 0.29) is 0 Å². The summed E-state index contributed by atoms with van der Waals surface area (Å²) >= 11 is 0. The second kappa shape index (κ2) is 9.60. The van der Waals surface area contributed by atoms with Gasteiger partial charge in [0, 0.05) is 11.6 Å². The van der Waals surface area contributed by atoms with Crippen LogP contribution in [0.2, 0.25) is 0 Å². The Hall–Kier alpha value is -2.83. The van der Waals surface area contributed by atoms with Gasteiger partial charge in [-0.25, -0.2) is 9.59 Å². The molecule has 7 nitrogen and oxygen atoms in total. The van der Waals surface area contributed by atoms with Crippen LogP contribution in [0.3, 0.4) is 0 Å². The highest BCUT2D eigenvalue weighted by atomic mass is 16.5. The first-order valence-corrected chi connectivity index (χ1v) is 8.35. The molecule has 7 heteroatoms. The van der Waals surface area contributed by atoms with Gasteiger partial charge in [0.2, 0.25) is 0 Å². The van der Waals surface area contributed by atoms with E-state index in [0.29, 0.717) is 6.61 Å². The molecule has 0 aliphatic carbocycles. The molecule has 1 rings (SSSR count). The van der Waals surface area contributed by atoms with Crippen molar-refractivity contribution < 1.29 is 23.9 Å². The van der Waals surface area contributed by atoms with Crippen LogP contribution in [-0.2, 0) is 14.3 Å². The van der Waals surface area contributed by atoms with Crippen LogP contribution >= 0.6 is 0 Å². The summed E-state index contributed by atoms with van der Waals surface area (Å²) in [5, 5.41) is 4.71. The van der Waals surface area contributed by atoms with Crippen molar-refractivity contribution in [1.82, 2.24) is 10.6 Å². The third kappa shape index (κ3) is 8.32. The summed E-state index contributed by atoms with van der Waals surface area (Å²) < 4.78 is 10.3. The van der Waals surface area contributed by atoms with E-state index in [1.165, 1.54) is 13.0 Å². The average molecular weight is 362 g/mol. The van der Waals surface area contributed by atoms with E-state index in [1.54, 1.807) is 51.1 Å². The first-order chi connectivity index (χ1) is 12.1. The number of carbonyl (C=O) groups is 3. The molecule has 1 aromatic carbocycles. The standard InChI is InChI=1S/C19H26N2O5/c1-6-25-15-10-7-14(8-11-15)9-12-16(22)26-13(2)17(23)20-18(24)21-19(3,4)5/h7-13H,6H2,1-5H3,(H2,20,21,23,24)/b12-9+. The molecule has 3 amide bonds. The number of rotatable bonds is 6. The number of benzene rings is 1. The zero-order valence-electron chi connectivity index (χ0n) is 15.8. The molecule has 1 atom stereocenters. The van der Waals surface area contributed by atoms with Crippen molar-refractivity contribution >= 4 is 24.0 Å². The van der Waals surface area contributed by atoms with Gasteiger partial charge in [0.15, 0.2) is 6.10 Å². The zero-order valence-corrected chi connectivity index (χ0v) is 15.8. The van der Waals surface area contributed by atoms with Gasteiger partial charge in [0.25, 0.3) is 5.91 Å². The van der Waals surface area contributed by atoms with E-state index in [4.69, 9.17) is 9.47 Å². The molecule has 0 bridgehead atoms. The lowest BCUT2D eigenvalue weighted by molar-refractivity contribution is -0.149. The minimum atomic E-state index is -1.10. The number of amides is 3. The monoisotopic (exact) mass is 362 g/mol. The minimum absolute atomic E-state index is 0.481. The van der Waals surface area contributed by atoms with E-state index < -0.39 is 29.6 Å². The number of hydrogen-bond donors (Lipinski definition) is 2. The molecule has 0 spiro atoms. The summed E-state index contributed by atoms with van der Waals surface area (Å²) in [4.78, 5) is 35.3. The van der Waals surface area contributed by atoms with E-state index in [0.717, 1.165) is 11.3 Å². The molecule has 2 N–H and O–H groups in total. The van der Waals surface area contributed by atoms with Crippen molar-refractivity contribution in [3.05, 3.63) is 35.9 Å². The van der Waals surface area contributed by atoms with Crippen LogP contribution in [0.15, 0.2) is 30.3 Å². The molecule has 0 heterocycles. The molecule has 26 heavy (non-hydrogen) atoms. The molecule has 0 saturated heterocycles. The number of imide groups is 1. The molecule has 1 aromatic rings. The Morgan fingerprint density at radius 2 is 1.77 bits per heavy atom. The SMILES string of the molecule is CCOc1ccc(/C=C/C(=O)OC(C)C(=O)NC(=O)NC(C)(C)C)cc1. The number of urea groups is 1. The molecule has 0 aliphatic heterocycles. The number of hydrogen-bond acceptors (Lipinski definition) is 5. The van der Waals surface area contributed by atoms with Gasteiger partial charge < -0.3 is 14.8 Å². The van der Waals surface area contributed by atoms with Crippen LogP contribution in [0.25, 0.3) is 6.08 Å². The molecule has 1 unspecified atom stereocenters. The van der Waals surface area contributed by atoms with Gasteiger partial charge in [0.1, 0.15) is 5.75 Å². The third-order valence-corrected chi connectivity index (χ3v) is 2.99. The summed E-state index contributed by atoms with van der Waals surface area (Å²) in [6.45, 7) is 9.22. The number of ether oxygens (including phenoxy) is 2. The molecular formula is C19H26N2O5. The maximum atomic E-state index is 11.9. The van der Waals surface area contributed by atoms with Gasteiger partial charge in [-0.1, -0.05) is 12.1 Å². The molecule has 0 fully saturated rings. The van der Waals surface area contributed by atoms with Gasteiger partial charge in [-0.3, -0.25) is 10.1 Å². The number of nitrogens with one attached hydrogen (secondary N) is 2. The highest BCUT2D eigenvalue weighted by Crippen LogP contribution is 2.13. The average Bonchev–Trinajstić information content (AvgIpc) is 2.52. The lowest BCUT2D eigenvalue weighted by Crippen LogP contribution is -2.50. The second-order valence-electron chi connectivity index (χ2n) is 6.61. The maximum Gasteiger partial charge on any atom is 0.331 e. The molecule has 0 aliphatic rings. The maximum absolute atomic E-state index is 11.9. The van der Waals surface area contributed by atoms with Crippen LogP contribution in [0.4, 0.5) is 4.79 Å². The summed E-state index contributed by atoms with van der Waals surface area (Å²) in [6, 6.07) is 6.52. The minimum Gasteiger partial charge on any atom is -0.494 e. The Morgan fingerprint density at radius 1 is 1.15 bits per heavy atom. The lowest BCUT2D eigenvalue weighted by Gasteiger charge is -2.21. The van der Waals surface area contributed by atoms with E-state index in [9.17, 15) is 14.4 Å². The molecule has 0 saturated carbocycles. The van der Waals surface area contributed by atoms with Gasteiger partial charge in [-0.15, -0.1) is 0 Å². The number of carbonyl (C=O) groups excluding carboxylic acids is 3. The van der Waals surface area contributed by atoms with Gasteiger partial charge in [-0.05, 0) is 58.4 Å². The molecule has 0 aromatic heterocycles. The van der Waals surface area contributed by atoms with E-state index in [2.05, 4.69) is 10.6 Å². The highest BCUT2D eigenvalue weighted by Gasteiger charge is 2.21. The van der Waals surface area contributed by atoms with E-state index in [1.807, 2.05) is 6.92 Å². The fraction of sp³-hybridized carbons (Fsp3) is 0.421. The smallest absolute Gasteiger partial charge is 0.331 e. The Bertz CT molecular complexity index is 660. The molecular weight excluding hydrogens is 336 g/mol. The van der Waals surface area contributed by atoms with Gasteiger partial charge in [-0.2, -0.15) is 0 Å². The summed E-state index contributed by atoms with van der Waals surface area (Å²) in [6.07, 6.45) is 1.68. The highest BCUT2D eigenvalue weighted by molar-refractivity contribution is 5.98. The zero-order chi connectivity index (χ0) is 19.7. The first-order valence-electron chi connectivity index (χ1n) is 8.35. The summed E-state index contributed by atoms with van der Waals surface area (Å²) in [5.74, 6) is -0.640. The Labute approximate surface area is 153 Å². The van der Waals surface area contributed by atoms with E-state index >= 15 is 0 Å². The third-order valence-electron chi connectivity index (χ3n) is 2.99. The van der Waals surface area contributed by atoms with Crippen molar-refractivity contribution in [2.45, 2.75) is 46.3 Å². The Balaban J connectivity index is 2.50. The van der Waals surface area contributed by atoms with Crippen LogP contribution in [0, 0.1) is 0 Å². The Kier molecular flexibility index (Phi) is 7.83. The largest absolute Gasteiger partial charge is 0.494 e. The van der Waals surface area contributed by atoms with Crippen molar-refractivity contribution in [3.8, 4) is 5.75 Å². The first kappa shape index (κ1) is 21.2. The Morgan fingerprint density at radius 3 is 2.31 bits per heavy atom. The van der Waals surface area contributed by atoms with Crippen LogP contribution in [-0.4, -0.2) is 36.2 Å². The predicted molar refractivity (Wildman–Crippen MR) is 98.6 cm³/mol. The van der Waals surface area contributed by atoms with Gasteiger partial charge in [0.05, 0.1) is 6.61 Å². The number of esters is 1. The summed E-state index contributed by atoms with van der Waals surface area (Å²) in [7, 11) is 0. The summed E-state index contributed by atoms with van der Waals surface area (Å²) in [5.41, 5.74) is 0.303. The molecule has 0 radical (unpaired) electrons. The quantitative estimate of drug-likeness (QED) is 0.599. The second-order valence-corrected chi connectivity index (χ2v) is 6.61.